The molecule has 0 aliphatic carbocycles. The van der Waals surface area contributed by atoms with E-state index in [1.165, 1.54) is 173 Å². The molecule has 0 aliphatic heterocycles. The molecule has 0 saturated heterocycles. The molecule has 0 fully saturated rings. The molecule has 0 aromatic heterocycles. The second-order valence-corrected chi connectivity index (χ2v) is 15.0. The molecule has 0 atom stereocenters. The molecule has 0 radical (unpaired) electrons. The van der Waals surface area contributed by atoms with E-state index in [2.05, 4.69) is 18.4 Å². The third kappa shape index (κ3) is 51.4. The Labute approximate surface area is 281 Å². The third-order valence-electron chi connectivity index (χ3n) is 8.46. The van der Waals surface area contributed by atoms with Gasteiger partial charge in [0.2, 0.25) is 0 Å². The Morgan fingerprint density at radius 2 is 0.622 bits per heavy atom. The first-order chi connectivity index (χ1) is 21.8. The van der Waals surface area contributed by atoms with Crippen LogP contribution in [0.3, 0.4) is 0 Å². The lowest BCUT2D eigenvalue weighted by Gasteiger charge is -2.05. The summed E-state index contributed by atoms with van der Waals surface area (Å²) in [6.45, 7) is 5.19. The van der Waals surface area contributed by atoms with Gasteiger partial charge in [0.25, 0.3) is 0 Å². The number of phosphoric acid groups is 1. The van der Waals surface area contributed by atoms with Gasteiger partial charge in [-0.2, -0.15) is 0 Å². The molecule has 45 heavy (non-hydrogen) atoms. The first kappa shape index (κ1) is 47.5. The van der Waals surface area contributed by atoms with Gasteiger partial charge in [-0.1, -0.05) is 206 Å². The standard InChI is InChI=1S/C18H39O4P.C18H39O3P/c1-2-3-4-5-6-7-8-9-10-11-12-13-14-15-16-17-18-22-23(19,20)21;1-2-3-4-5-6-7-8-9-10-11-12-13-14-15-16-17-18-21-22(19)20/h2-18H2,1H3,(H2,19,20,21);19-20H,2-18H2,1H3. The van der Waals surface area contributed by atoms with Crippen LogP contribution in [0.2, 0.25) is 0 Å². The molecule has 0 bridgehead atoms. The molecule has 0 spiro atoms. The van der Waals surface area contributed by atoms with Crippen molar-refractivity contribution in [1.82, 2.24) is 0 Å². The Bertz CT molecular complexity index is 576. The van der Waals surface area contributed by atoms with Crippen molar-refractivity contribution in [2.75, 3.05) is 13.2 Å². The van der Waals surface area contributed by atoms with Crippen LogP contribution in [0.4, 0.5) is 0 Å². The van der Waals surface area contributed by atoms with Crippen LogP contribution in [-0.4, -0.2) is 32.8 Å². The lowest BCUT2D eigenvalue weighted by molar-refractivity contribution is 0.193. The van der Waals surface area contributed by atoms with Crippen LogP contribution in [0.15, 0.2) is 0 Å². The van der Waals surface area contributed by atoms with Crippen molar-refractivity contribution in [3.63, 3.8) is 0 Å². The van der Waals surface area contributed by atoms with E-state index in [9.17, 15) is 4.57 Å². The van der Waals surface area contributed by atoms with Crippen molar-refractivity contribution in [2.45, 2.75) is 219 Å². The van der Waals surface area contributed by atoms with E-state index in [1.54, 1.807) is 0 Å². The van der Waals surface area contributed by atoms with Gasteiger partial charge in [0.15, 0.2) is 0 Å². The van der Waals surface area contributed by atoms with Crippen molar-refractivity contribution in [3.8, 4) is 0 Å². The second-order valence-electron chi connectivity index (χ2n) is 13.0. The van der Waals surface area contributed by atoms with E-state index in [0.717, 1.165) is 32.1 Å². The molecule has 274 valence electrons. The normalized spacial score (nSPS) is 11.7. The molecule has 0 aromatic carbocycles. The van der Waals surface area contributed by atoms with Gasteiger partial charge in [-0.15, -0.1) is 0 Å². The third-order valence-corrected chi connectivity index (χ3v) is 9.39. The van der Waals surface area contributed by atoms with Gasteiger partial charge >= 0.3 is 16.4 Å². The van der Waals surface area contributed by atoms with Gasteiger partial charge in [0.1, 0.15) is 0 Å². The van der Waals surface area contributed by atoms with Crippen LogP contribution < -0.4 is 0 Å². The summed E-state index contributed by atoms with van der Waals surface area (Å²) in [4.78, 5) is 34.2. The van der Waals surface area contributed by atoms with Crippen LogP contribution in [0, 0.1) is 0 Å². The van der Waals surface area contributed by atoms with Gasteiger partial charge in [-0.05, 0) is 12.8 Å². The minimum Gasteiger partial charge on any atom is -0.328 e. The van der Waals surface area contributed by atoms with Crippen LogP contribution >= 0.6 is 16.4 Å². The Morgan fingerprint density at radius 3 is 0.844 bits per heavy atom. The Hall–Kier alpha value is 0.420. The second kappa shape index (κ2) is 40.6. The van der Waals surface area contributed by atoms with Crippen LogP contribution in [-0.2, 0) is 13.6 Å². The Morgan fingerprint density at radius 1 is 0.400 bits per heavy atom. The van der Waals surface area contributed by atoms with Crippen molar-refractivity contribution in [2.24, 2.45) is 0 Å². The molecule has 7 nitrogen and oxygen atoms in total. The van der Waals surface area contributed by atoms with Crippen molar-refractivity contribution in [3.05, 3.63) is 0 Å². The highest BCUT2D eigenvalue weighted by Crippen LogP contribution is 2.35. The maximum atomic E-state index is 10.5. The van der Waals surface area contributed by atoms with E-state index in [0.29, 0.717) is 6.61 Å². The summed E-state index contributed by atoms with van der Waals surface area (Å²) in [5.41, 5.74) is 0. The molecule has 0 saturated carbocycles. The summed E-state index contributed by atoms with van der Waals surface area (Å²) >= 11 is 0. The molecule has 0 unspecified atom stereocenters. The van der Waals surface area contributed by atoms with Crippen LogP contribution in [0.5, 0.6) is 0 Å². The maximum Gasteiger partial charge on any atom is 0.469 e. The molecule has 0 aromatic rings. The van der Waals surface area contributed by atoms with E-state index >= 15 is 0 Å². The summed E-state index contributed by atoms with van der Waals surface area (Å²) in [5, 5.41) is 0. The van der Waals surface area contributed by atoms with E-state index in [-0.39, 0.29) is 6.61 Å². The summed E-state index contributed by atoms with van der Waals surface area (Å²) < 4.78 is 19.6. The molecule has 9 heteroatoms. The summed E-state index contributed by atoms with van der Waals surface area (Å²) in [6.07, 6.45) is 42.3. The molecular formula is C36H78O7P2. The largest absolute Gasteiger partial charge is 0.469 e. The summed E-state index contributed by atoms with van der Waals surface area (Å²) in [5.74, 6) is 0. The quantitative estimate of drug-likeness (QED) is 0.0383. The van der Waals surface area contributed by atoms with Gasteiger partial charge in [0.05, 0.1) is 13.2 Å². The van der Waals surface area contributed by atoms with Gasteiger partial charge in [-0.25, -0.2) is 4.57 Å². The zero-order chi connectivity index (χ0) is 33.5. The first-order valence-corrected chi connectivity index (χ1v) is 22.0. The zero-order valence-electron chi connectivity index (χ0n) is 29.9. The lowest BCUT2D eigenvalue weighted by atomic mass is 10.0. The van der Waals surface area contributed by atoms with Gasteiger partial charge in [-0.3, -0.25) is 4.52 Å². The minimum absolute atomic E-state index is 0.169. The highest BCUT2D eigenvalue weighted by atomic mass is 31.2. The average molecular weight is 685 g/mol. The van der Waals surface area contributed by atoms with Gasteiger partial charge in [0, 0.05) is 0 Å². The highest BCUT2D eigenvalue weighted by molar-refractivity contribution is 7.46. The Balaban J connectivity index is 0. The molecule has 0 aliphatic rings. The fraction of sp³-hybridized carbons (Fsp3) is 1.00. The molecule has 0 rings (SSSR count). The van der Waals surface area contributed by atoms with E-state index in [1.807, 2.05) is 0 Å². The van der Waals surface area contributed by atoms with E-state index in [4.69, 9.17) is 24.1 Å². The maximum absolute atomic E-state index is 10.5. The van der Waals surface area contributed by atoms with Crippen molar-refractivity contribution in [1.29, 1.82) is 0 Å². The predicted octanol–water partition coefficient (Wildman–Crippen LogP) is 12.8. The number of hydrogen-bond donors (Lipinski definition) is 4. The first-order valence-electron chi connectivity index (χ1n) is 19.3. The topological polar surface area (TPSA) is 116 Å². The Kier molecular flexibility index (Phi) is 42.9. The molecule has 0 heterocycles. The molecule has 0 amide bonds. The number of unbranched alkanes of at least 4 members (excludes halogenated alkanes) is 30. The fourth-order valence-corrected chi connectivity index (χ4v) is 6.29. The molecular weight excluding hydrogens is 606 g/mol. The summed E-state index contributed by atoms with van der Waals surface area (Å²) in [6, 6.07) is 0. The lowest BCUT2D eigenvalue weighted by Crippen LogP contribution is -1.92. The number of rotatable bonds is 36. The van der Waals surface area contributed by atoms with E-state index < -0.39 is 16.4 Å². The van der Waals surface area contributed by atoms with Crippen molar-refractivity contribution < 1.29 is 33.2 Å². The van der Waals surface area contributed by atoms with Crippen LogP contribution in [0.25, 0.3) is 0 Å². The van der Waals surface area contributed by atoms with Gasteiger partial charge < -0.3 is 24.1 Å². The number of hydrogen-bond acceptors (Lipinski definition) is 5. The zero-order valence-corrected chi connectivity index (χ0v) is 31.7. The fourth-order valence-electron chi connectivity index (χ4n) is 5.63. The smallest absolute Gasteiger partial charge is 0.328 e. The minimum atomic E-state index is -4.26. The SMILES string of the molecule is CCCCCCCCCCCCCCCCCCOP(=O)(O)O.CCCCCCCCCCCCCCCCCCOP(O)O. The average Bonchev–Trinajstić information content (AvgIpc) is 3.00. The monoisotopic (exact) mass is 685 g/mol. The number of phosphoric ester groups is 1. The summed E-state index contributed by atoms with van der Waals surface area (Å²) in [7, 11) is -6.40. The highest BCUT2D eigenvalue weighted by Gasteiger charge is 2.12. The predicted molar refractivity (Wildman–Crippen MR) is 194 cm³/mol. The van der Waals surface area contributed by atoms with Crippen molar-refractivity contribution >= 4 is 16.4 Å². The molecule has 4 N–H and O–H groups in total. The van der Waals surface area contributed by atoms with Crippen LogP contribution in [0.1, 0.15) is 219 Å².